The van der Waals surface area contributed by atoms with E-state index in [-0.39, 0.29) is 36.0 Å². The van der Waals surface area contributed by atoms with Gasteiger partial charge in [-0.3, -0.25) is 14.4 Å². The minimum atomic E-state index is -1.25. The van der Waals surface area contributed by atoms with Gasteiger partial charge in [0.1, 0.15) is 17.2 Å². The molecule has 34 heavy (non-hydrogen) atoms. The summed E-state index contributed by atoms with van der Waals surface area (Å²) in [5.74, 6) is -4.17. The first-order chi connectivity index (χ1) is 16.1. The third-order valence-corrected chi connectivity index (χ3v) is 7.02. The Labute approximate surface area is 193 Å². The van der Waals surface area contributed by atoms with Gasteiger partial charge in [-0.15, -0.1) is 0 Å². The van der Waals surface area contributed by atoms with E-state index in [2.05, 4.69) is 5.32 Å². The van der Waals surface area contributed by atoms with E-state index in [1.807, 2.05) is 19.1 Å². The standard InChI is InChI=1S/C24H23F2N3O5/c1-11-6-14(25)13(15(26)7-11)9-27-22(33)17-18-16(30)8-24-5-3-4-12(2)28(10-24)23(34)19(29(18)24)21(32)20(17)31/h3-4,6-7,12,16,30,32H,5,8-10H2,1-2H3,(H,27,33)/t12-,16-,24+/m0/s1. The molecule has 2 bridgehead atoms. The van der Waals surface area contributed by atoms with Gasteiger partial charge in [0, 0.05) is 31.1 Å². The number of aryl methyl sites for hydroxylation is 1. The van der Waals surface area contributed by atoms with Crippen molar-refractivity contribution in [2.24, 2.45) is 0 Å². The van der Waals surface area contributed by atoms with E-state index in [0.29, 0.717) is 12.0 Å². The van der Waals surface area contributed by atoms with Crippen LogP contribution in [0.15, 0.2) is 29.1 Å². The molecular weight excluding hydrogens is 448 g/mol. The van der Waals surface area contributed by atoms with Gasteiger partial charge in [-0.25, -0.2) is 8.78 Å². The van der Waals surface area contributed by atoms with Crippen molar-refractivity contribution in [3.05, 3.63) is 74.2 Å². The van der Waals surface area contributed by atoms with Crippen LogP contribution >= 0.6 is 0 Å². The third kappa shape index (κ3) is 3.01. The van der Waals surface area contributed by atoms with Gasteiger partial charge >= 0.3 is 0 Å². The number of nitrogens with one attached hydrogen (secondary N) is 1. The van der Waals surface area contributed by atoms with Gasteiger partial charge in [0.05, 0.1) is 17.3 Å². The van der Waals surface area contributed by atoms with Crippen molar-refractivity contribution in [2.75, 3.05) is 6.54 Å². The maximum absolute atomic E-state index is 14.2. The fourth-order valence-corrected chi connectivity index (χ4v) is 5.43. The van der Waals surface area contributed by atoms with E-state index in [1.54, 1.807) is 0 Å². The number of carbonyl (C=O) groups excluding carboxylic acids is 2. The number of allylic oxidation sites excluding steroid dienone is 1. The number of aliphatic hydroxyl groups excluding tert-OH is 1. The zero-order valence-electron chi connectivity index (χ0n) is 18.6. The molecule has 2 aromatic rings. The van der Waals surface area contributed by atoms with Crippen LogP contribution in [0, 0.1) is 18.6 Å². The summed E-state index contributed by atoms with van der Waals surface area (Å²) in [5, 5.41) is 24.0. The van der Waals surface area contributed by atoms with Gasteiger partial charge < -0.3 is 25.0 Å². The number of nitrogens with zero attached hydrogens (tertiary/aromatic N) is 2. The van der Waals surface area contributed by atoms with Gasteiger partial charge in [0.2, 0.25) is 5.43 Å². The number of amides is 2. The molecule has 0 fully saturated rings. The van der Waals surface area contributed by atoms with Crippen LogP contribution in [0.3, 0.4) is 0 Å². The smallest absolute Gasteiger partial charge is 0.275 e. The highest BCUT2D eigenvalue weighted by Crippen LogP contribution is 2.49. The van der Waals surface area contributed by atoms with Gasteiger partial charge in [0.25, 0.3) is 11.8 Å². The number of fused-ring (bicyclic) bond motifs is 1. The highest BCUT2D eigenvalue weighted by Gasteiger charge is 2.54. The summed E-state index contributed by atoms with van der Waals surface area (Å²) in [6, 6.07) is 1.96. The van der Waals surface area contributed by atoms with Crippen LogP contribution < -0.4 is 10.7 Å². The minimum absolute atomic E-state index is 0.0731. The molecule has 8 nitrogen and oxygen atoms in total. The molecule has 0 radical (unpaired) electrons. The Morgan fingerprint density at radius 3 is 2.62 bits per heavy atom. The summed E-state index contributed by atoms with van der Waals surface area (Å²) in [6.07, 6.45) is 3.02. The topological polar surface area (TPSA) is 112 Å². The highest BCUT2D eigenvalue weighted by atomic mass is 19.1. The SMILES string of the molecule is Cc1cc(F)c(CNC(=O)c2c3n4c(c(O)c2=O)C(=O)N2C[C@@]4(CC=C[C@@H]2C)C[C@@H]3O)c(F)c1. The maximum atomic E-state index is 14.2. The summed E-state index contributed by atoms with van der Waals surface area (Å²) in [6.45, 7) is 3.03. The lowest BCUT2D eigenvalue weighted by Gasteiger charge is -2.43. The molecule has 0 saturated carbocycles. The number of hydrogen-bond acceptors (Lipinski definition) is 5. The summed E-state index contributed by atoms with van der Waals surface area (Å²) in [7, 11) is 0. The number of aliphatic hydroxyl groups is 1. The largest absolute Gasteiger partial charge is 0.503 e. The van der Waals surface area contributed by atoms with Crippen LogP contribution in [0.1, 0.15) is 63.5 Å². The Morgan fingerprint density at radius 2 is 1.94 bits per heavy atom. The lowest BCUT2D eigenvalue weighted by Crippen LogP contribution is -2.54. The van der Waals surface area contributed by atoms with E-state index in [9.17, 15) is 33.4 Å². The lowest BCUT2D eigenvalue weighted by molar-refractivity contribution is 0.0488. The predicted octanol–water partition coefficient (Wildman–Crippen LogP) is 2.01. The summed E-state index contributed by atoms with van der Waals surface area (Å²) in [4.78, 5) is 40.9. The van der Waals surface area contributed by atoms with Crippen LogP contribution in [0.2, 0.25) is 0 Å². The first kappa shape index (κ1) is 22.3. The Bertz CT molecular complexity index is 1330. The first-order valence-electron chi connectivity index (χ1n) is 11.0. The number of rotatable bonds is 3. The van der Waals surface area contributed by atoms with E-state index in [0.717, 1.165) is 12.1 Å². The number of carbonyl (C=O) groups is 2. The zero-order chi connectivity index (χ0) is 24.5. The number of aromatic nitrogens is 1. The third-order valence-electron chi connectivity index (χ3n) is 7.02. The zero-order valence-corrected chi connectivity index (χ0v) is 18.6. The molecule has 3 atom stereocenters. The maximum Gasteiger partial charge on any atom is 0.275 e. The molecule has 2 amide bonds. The van der Waals surface area contributed by atoms with Gasteiger partial charge in [-0.05, 0) is 38.0 Å². The van der Waals surface area contributed by atoms with Gasteiger partial charge in [-0.2, -0.15) is 0 Å². The second-order valence-electron chi connectivity index (χ2n) is 9.26. The molecule has 5 rings (SSSR count). The van der Waals surface area contributed by atoms with Crippen molar-refractivity contribution in [1.29, 1.82) is 0 Å². The average Bonchev–Trinajstić information content (AvgIpc) is 2.94. The fraction of sp³-hybridized carbons (Fsp3) is 0.375. The van der Waals surface area contributed by atoms with Crippen LogP contribution in [-0.4, -0.2) is 44.1 Å². The summed E-state index contributed by atoms with van der Waals surface area (Å²) < 4.78 is 29.9. The molecular formula is C24H23F2N3O5. The lowest BCUT2D eigenvalue weighted by atomic mass is 9.89. The second kappa shape index (κ2) is 7.49. The van der Waals surface area contributed by atoms with Crippen LogP contribution in [0.4, 0.5) is 8.78 Å². The molecule has 0 aliphatic carbocycles. The number of halogens is 2. The molecule has 0 unspecified atom stereocenters. The van der Waals surface area contributed by atoms with E-state index < -0.39 is 58.4 Å². The molecule has 1 aromatic heterocycles. The number of hydrogen-bond donors (Lipinski definition) is 3. The molecule has 1 aromatic carbocycles. The Balaban J connectivity index is 1.62. The highest BCUT2D eigenvalue weighted by molar-refractivity contribution is 6.01. The molecule has 178 valence electrons. The van der Waals surface area contributed by atoms with Crippen LogP contribution in [-0.2, 0) is 12.1 Å². The van der Waals surface area contributed by atoms with Gasteiger partial charge in [0.15, 0.2) is 11.4 Å². The van der Waals surface area contributed by atoms with Gasteiger partial charge in [-0.1, -0.05) is 12.2 Å². The van der Waals surface area contributed by atoms with Crippen molar-refractivity contribution >= 4 is 11.8 Å². The monoisotopic (exact) mass is 471 g/mol. The average molecular weight is 471 g/mol. The van der Waals surface area contributed by atoms with E-state index >= 15 is 0 Å². The number of aromatic hydroxyl groups is 1. The van der Waals surface area contributed by atoms with Crippen molar-refractivity contribution in [3.63, 3.8) is 0 Å². The Morgan fingerprint density at radius 1 is 1.26 bits per heavy atom. The Hall–Kier alpha value is -3.53. The normalized spacial score (nSPS) is 24.7. The van der Waals surface area contributed by atoms with Crippen molar-refractivity contribution in [3.8, 4) is 5.75 Å². The molecule has 10 heteroatoms. The molecule has 3 N–H and O–H groups in total. The molecule has 4 heterocycles. The fourth-order valence-electron chi connectivity index (χ4n) is 5.43. The Kier molecular flexibility index (Phi) is 4.91. The van der Waals surface area contributed by atoms with Crippen LogP contribution in [0.25, 0.3) is 0 Å². The summed E-state index contributed by atoms with van der Waals surface area (Å²) >= 11 is 0. The molecule has 1 spiro atoms. The second-order valence-corrected chi connectivity index (χ2v) is 9.26. The van der Waals surface area contributed by atoms with E-state index in [1.165, 1.54) is 16.4 Å². The summed E-state index contributed by atoms with van der Waals surface area (Å²) in [5.41, 5.74) is -2.84. The minimum Gasteiger partial charge on any atom is -0.503 e. The quantitative estimate of drug-likeness (QED) is 0.593. The number of pyridine rings is 1. The molecule has 0 saturated heterocycles. The van der Waals surface area contributed by atoms with Crippen molar-refractivity contribution in [1.82, 2.24) is 14.8 Å². The van der Waals surface area contributed by atoms with Crippen molar-refractivity contribution < 1.29 is 28.6 Å². The van der Waals surface area contributed by atoms with E-state index in [4.69, 9.17) is 0 Å². The number of benzene rings is 1. The van der Waals surface area contributed by atoms with Crippen molar-refractivity contribution in [2.45, 2.75) is 50.9 Å². The van der Waals surface area contributed by atoms with Crippen LogP contribution in [0.5, 0.6) is 5.75 Å². The first-order valence-corrected chi connectivity index (χ1v) is 11.0. The molecule has 3 aliphatic rings. The predicted molar refractivity (Wildman–Crippen MR) is 116 cm³/mol. The molecule has 3 aliphatic heterocycles.